The summed E-state index contributed by atoms with van der Waals surface area (Å²) in [5.74, 6) is -8.21. The van der Waals surface area contributed by atoms with Crippen LogP contribution >= 0.6 is 55.1 Å². The third kappa shape index (κ3) is 6.61. The number of nitro benzene ring substituents is 2. The molecule has 17 nitrogen and oxygen atoms in total. The zero-order valence-electron chi connectivity index (χ0n) is 33.4. The van der Waals surface area contributed by atoms with Gasteiger partial charge in [0.2, 0.25) is 11.8 Å². The Morgan fingerprint density at radius 2 is 1.52 bits per heavy atom. The second-order valence-electron chi connectivity index (χ2n) is 15.6. The number of hydrazine groups is 1. The molecule has 2 heterocycles. The van der Waals surface area contributed by atoms with Gasteiger partial charge in [0, 0.05) is 41.6 Å². The average Bonchev–Trinajstić information content (AvgIpc) is 3.63. The van der Waals surface area contributed by atoms with Gasteiger partial charge in [0.25, 0.3) is 11.8 Å². The van der Waals surface area contributed by atoms with E-state index in [2.05, 4.69) is 37.3 Å². The van der Waals surface area contributed by atoms with Gasteiger partial charge >= 0.3 is 11.4 Å². The zero-order chi connectivity index (χ0) is 45.6. The molecular formula is C42H34Br2Cl2N6O11. The van der Waals surface area contributed by atoms with E-state index < -0.39 is 79.9 Å². The fourth-order valence-corrected chi connectivity index (χ4v) is 11.3. The van der Waals surface area contributed by atoms with Gasteiger partial charge in [-0.1, -0.05) is 47.0 Å². The first kappa shape index (κ1) is 43.9. The summed E-state index contributed by atoms with van der Waals surface area (Å²) in [6, 6.07) is 14.6. The van der Waals surface area contributed by atoms with Crippen molar-refractivity contribution < 1.29 is 43.6 Å². The van der Waals surface area contributed by atoms with E-state index in [0.29, 0.717) is 31.9 Å². The van der Waals surface area contributed by atoms with Crippen molar-refractivity contribution in [3.63, 3.8) is 0 Å². The predicted octanol–water partition coefficient (Wildman–Crippen LogP) is 8.31. The van der Waals surface area contributed by atoms with E-state index in [4.69, 9.17) is 32.7 Å². The molecule has 6 atom stereocenters. The number of nitro groups is 2. The molecule has 1 saturated carbocycles. The van der Waals surface area contributed by atoms with Gasteiger partial charge in [-0.25, -0.2) is 4.90 Å². The Labute approximate surface area is 385 Å². The average molecular weight is 1030 g/mol. The largest absolute Gasteiger partial charge is 0.503 e. The van der Waals surface area contributed by atoms with Crippen LogP contribution in [0.5, 0.6) is 17.2 Å². The highest BCUT2D eigenvalue weighted by molar-refractivity contribution is 9.13. The number of carbonyl (C=O) groups is 4. The molecule has 2 aliphatic heterocycles. The standard InChI is InChI=1S/C42H34Br2Cl2N6O11/c1-48(2)36-29(51(58)59)14-20(15-30(36)52(60)61)49-38(54)23-11-10-22-24(32(23)40(49)56)16-26-39(55)50(47-28-12-7-19(45)13-27(28)46)41(57)42(26,18-5-8-21(62-3)9-6-18)33(22)25-17-31(63-4)37(53)35(44)34(25)43/h5-10,12-15,17,23-24,26,32-33,47,53H,11,16H2,1-4H3/t23-,24+,26-,32-,33+,42+/m0/s1. The SMILES string of the molecule is COc1ccc([C@@]23C(=O)N(Nc4ccc(Cl)cc4Cl)C(=O)[C@@H]2C[C@@H]2C(=CC[C@@H]4C(=O)N(c5cc([N+](=O)[O-])c(N(C)C)c([N+](=O)[O-])c5)C(=O)[C@@H]42)[C@@H]3c2cc(OC)c(O)c(Br)c2Br)cc1. The van der Waals surface area contributed by atoms with E-state index in [-0.39, 0.29) is 50.9 Å². The summed E-state index contributed by atoms with van der Waals surface area (Å²) in [5.41, 5.74) is 0.528. The molecule has 3 fully saturated rings. The first-order valence-electron chi connectivity index (χ1n) is 19.1. The highest BCUT2D eigenvalue weighted by Gasteiger charge is 2.71. The Balaban J connectivity index is 1.36. The molecule has 0 radical (unpaired) electrons. The lowest BCUT2D eigenvalue weighted by molar-refractivity contribution is -0.392. The summed E-state index contributed by atoms with van der Waals surface area (Å²) in [5, 5.41) is 37.1. The number of hydrogen-bond acceptors (Lipinski definition) is 13. The lowest BCUT2D eigenvalue weighted by Gasteiger charge is -2.51. The van der Waals surface area contributed by atoms with E-state index in [9.17, 15) is 34.9 Å². The third-order valence-electron chi connectivity index (χ3n) is 12.4. The van der Waals surface area contributed by atoms with Crippen molar-refractivity contribution in [1.29, 1.82) is 0 Å². The molecule has 4 aliphatic rings. The van der Waals surface area contributed by atoms with Crippen molar-refractivity contribution in [2.75, 3.05) is 43.5 Å². The van der Waals surface area contributed by atoms with Gasteiger partial charge < -0.3 is 19.5 Å². The number of nitrogens with one attached hydrogen (secondary N) is 1. The molecule has 4 amide bonds. The number of halogens is 4. The van der Waals surface area contributed by atoms with Crippen molar-refractivity contribution in [2.24, 2.45) is 23.7 Å². The molecule has 2 saturated heterocycles. The van der Waals surface area contributed by atoms with E-state index in [1.165, 1.54) is 57.5 Å². The van der Waals surface area contributed by atoms with Gasteiger partial charge in [-0.15, -0.1) is 0 Å². The number of benzene rings is 4. The smallest absolute Gasteiger partial charge is 0.301 e. The minimum atomic E-state index is -1.79. The maximum absolute atomic E-state index is 15.7. The van der Waals surface area contributed by atoms with Gasteiger partial charge in [0.15, 0.2) is 17.2 Å². The number of aromatic hydroxyl groups is 1. The fraction of sp³-hybridized carbons (Fsp3) is 0.286. The van der Waals surface area contributed by atoms with Gasteiger partial charge in [0.05, 0.1) is 68.1 Å². The molecule has 326 valence electrons. The van der Waals surface area contributed by atoms with Crippen LogP contribution in [0.1, 0.15) is 29.9 Å². The number of anilines is 3. The number of phenols is 1. The molecule has 2 aliphatic carbocycles. The van der Waals surface area contributed by atoms with Crippen LogP contribution in [0.2, 0.25) is 10.0 Å². The topological polar surface area (TPSA) is 215 Å². The monoisotopic (exact) mass is 1030 g/mol. The summed E-state index contributed by atoms with van der Waals surface area (Å²) in [7, 11) is 5.61. The molecule has 0 bridgehead atoms. The Morgan fingerprint density at radius 3 is 2.10 bits per heavy atom. The Hall–Kier alpha value is -5.76. The lowest BCUT2D eigenvalue weighted by Crippen LogP contribution is -2.53. The van der Waals surface area contributed by atoms with Crippen LogP contribution in [-0.4, -0.2) is 71.9 Å². The highest BCUT2D eigenvalue weighted by atomic mass is 79.9. The number of methoxy groups -OCH3 is 2. The predicted molar refractivity (Wildman–Crippen MR) is 237 cm³/mol. The first-order valence-corrected chi connectivity index (χ1v) is 21.4. The first-order chi connectivity index (χ1) is 29.9. The maximum atomic E-state index is 15.7. The molecule has 4 aromatic carbocycles. The second kappa shape index (κ2) is 16.1. The Kier molecular flexibility index (Phi) is 11.2. The van der Waals surface area contributed by atoms with Crippen LogP contribution in [0.15, 0.2) is 81.3 Å². The van der Waals surface area contributed by atoms with E-state index in [0.717, 1.165) is 22.0 Å². The summed E-state index contributed by atoms with van der Waals surface area (Å²) >= 11 is 19.9. The molecule has 21 heteroatoms. The van der Waals surface area contributed by atoms with Crippen LogP contribution in [0, 0.1) is 43.9 Å². The van der Waals surface area contributed by atoms with E-state index in [1.807, 2.05) is 0 Å². The van der Waals surface area contributed by atoms with Crippen LogP contribution in [-0.2, 0) is 24.6 Å². The van der Waals surface area contributed by atoms with Gasteiger partial charge in [-0.3, -0.25) is 44.8 Å². The number of fused-ring (bicyclic) bond motifs is 4. The molecule has 0 aromatic heterocycles. The molecular weight excluding hydrogens is 995 g/mol. The summed E-state index contributed by atoms with van der Waals surface area (Å²) in [6.45, 7) is 0. The number of phenolic OH excluding ortho intramolecular Hbond substituents is 1. The molecule has 63 heavy (non-hydrogen) atoms. The third-order valence-corrected chi connectivity index (χ3v) is 15.1. The van der Waals surface area contributed by atoms with Crippen LogP contribution in [0.25, 0.3) is 0 Å². The number of nitrogens with zero attached hydrogens (tertiary/aromatic N) is 5. The molecule has 4 aromatic rings. The van der Waals surface area contributed by atoms with Crippen molar-refractivity contribution in [2.45, 2.75) is 24.2 Å². The number of carbonyl (C=O) groups excluding carboxylic acids is 4. The maximum Gasteiger partial charge on any atom is 0.301 e. The number of hydrogen-bond donors (Lipinski definition) is 2. The summed E-state index contributed by atoms with van der Waals surface area (Å²) in [4.78, 5) is 85.2. The Bertz CT molecular complexity index is 2700. The fourth-order valence-electron chi connectivity index (χ4n) is 9.88. The van der Waals surface area contributed by atoms with Gasteiger partial charge in [-0.05, 0) is 98.1 Å². The number of amides is 4. The van der Waals surface area contributed by atoms with Crippen LogP contribution in [0.3, 0.4) is 0 Å². The summed E-state index contributed by atoms with van der Waals surface area (Å²) in [6.07, 6.45) is 1.58. The Morgan fingerprint density at radius 1 is 0.873 bits per heavy atom. The number of rotatable bonds is 10. The number of imide groups is 2. The van der Waals surface area contributed by atoms with E-state index in [1.54, 1.807) is 30.3 Å². The molecule has 8 rings (SSSR count). The van der Waals surface area contributed by atoms with Gasteiger partial charge in [0.1, 0.15) is 5.75 Å². The van der Waals surface area contributed by atoms with Gasteiger partial charge in [-0.2, -0.15) is 5.01 Å². The quantitative estimate of drug-likeness (QED) is 0.0663. The van der Waals surface area contributed by atoms with Crippen molar-refractivity contribution in [3.8, 4) is 17.2 Å². The zero-order valence-corrected chi connectivity index (χ0v) is 38.1. The van der Waals surface area contributed by atoms with Crippen molar-refractivity contribution in [1.82, 2.24) is 5.01 Å². The van der Waals surface area contributed by atoms with Crippen LogP contribution in [0.4, 0.5) is 28.4 Å². The lowest BCUT2D eigenvalue weighted by atomic mass is 9.49. The summed E-state index contributed by atoms with van der Waals surface area (Å²) < 4.78 is 11.5. The molecule has 2 N–H and O–H groups in total. The minimum absolute atomic E-state index is 0.0141. The van der Waals surface area contributed by atoms with E-state index >= 15 is 9.59 Å². The normalized spacial score (nSPS) is 23.8. The number of ether oxygens (including phenoxy) is 2. The minimum Gasteiger partial charge on any atom is -0.503 e. The second-order valence-corrected chi connectivity index (χ2v) is 18.0. The molecule has 0 spiro atoms. The van der Waals surface area contributed by atoms with Crippen molar-refractivity contribution in [3.05, 3.63) is 123 Å². The number of allylic oxidation sites excluding steroid dienone is 2. The van der Waals surface area contributed by atoms with Crippen LogP contribution < -0.4 is 24.7 Å². The van der Waals surface area contributed by atoms with Crippen molar-refractivity contribution >= 4 is 107 Å². The molecule has 0 unspecified atom stereocenters. The highest BCUT2D eigenvalue weighted by Crippen LogP contribution is 2.66.